The molecular weight excluding hydrogens is 314 g/mol. The minimum Gasteiger partial charge on any atom is -0.497 e. The van der Waals surface area contributed by atoms with Crippen LogP contribution in [0.4, 0.5) is 5.69 Å². The Labute approximate surface area is 151 Å². The molecule has 0 saturated carbocycles. The van der Waals surface area contributed by atoms with E-state index >= 15 is 0 Å². The van der Waals surface area contributed by atoms with Gasteiger partial charge in [-0.3, -0.25) is 9.88 Å². The van der Waals surface area contributed by atoms with Gasteiger partial charge in [0.2, 0.25) is 0 Å². The number of ether oxygens (including phenoxy) is 1. The van der Waals surface area contributed by atoms with E-state index in [1.54, 1.807) is 13.3 Å². The first-order valence-electron chi connectivity index (χ1n) is 8.99. The van der Waals surface area contributed by atoms with Gasteiger partial charge in [0.05, 0.1) is 24.4 Å². The number of aliphatic hydroxyl groups excluding tert-OH is 1. The lowest BCUT2D eigenvalue weighted by molar-refractivity contribution is 0.0953. The first-order valence-corrected chi connectivity index (χ1v) is 8.99. The number of methoxy groups -OCH3 is 1. The maximum Gasteiger partial charge on any atom is 0.121 e. The third kappa shape index (κ3) is 5.58. The van der Waals surface area contributed by atoms with E-state index in [-0.39, 0.29) is 0 Å². The van der Waals surface area contributed by atoms with Crippen LogP contribution in [0.3, 0.4) is 0 Å². The van der Waals surface area contributed by atoms with Gasteiger partial charge in [-0.2, -0.15) is 0 Å². The molecule has 0 aliphatic carbocycles. The molecule has 2 aromatic rings. The minimum absolute atomic E-state index is 0.413. The van der Waals surface area contributed by atoms with E-state index in [1.807, 2.05) is 24.3 Å². The number of benzene rings is 1. The molecular formula is C20H31N3O2. The number of aromatic nitrogens is 1. The molecule has 25 heavy (non-hydrogen) atoms. The van der Waals surface area contributed by atoms with Gasteiger partial charge >= 0.3 is 0 Å². The summed E-state index contributed by atoms with van der Waals surface area (Å²) in [5.74, 6) is 1.36. The lowest BCUT2D eigenvalue weighted by Crippen LogP contribution is -2.42. The largest absolute Gasteiger partial charge is 0.497 e. The number of aliphatic hydroxyl groups is 1. The molecule has 2 N–H and O–H groups in total. The molecule has 0 aliphatic rings. The number of nitrogens with one attached hydrogen (secondary N) is 1. The standard InChI is InChI=1S/C20H31N3O2/c1-14(2)12-23(15(3)4)13-17(24)11-22-19-10-18(25-5)9-16-7-6-8-21-20(16)19/h6-10,14-15,17,22,24H,11-13H2,1-5H3. The van der Waals surface area contributed by atoms with Gasteiger partial charge in [0.1, 0.15) is 5.75 Å². The fourth-order valence-corrected chi connectivity index (χ4v) is 2.95. The van der Waals surface area contributed by atoms with E-state index in [9.17, 15) is 5.11 Å². The van der Waals surface area contributed by atoms with Crippen LogP contribution in [0.1, 0.15) is 27.7 Å². The summed E-state index contributed by atoms with van der Waals surface area (Å²) in [6, 6.07) is 8.22. The Morgan fingerprint density at radius 1 is 1.20 bits per heavy atom. The van der Waals surface area contributed by atoms with Crippen LogP contribution >= 0.6 is 0 Å². The summed E-state index contributed by atoms with van der Waals surface area (Å²) in [6.45, 7) is 10.9. The van der Waals surface area contributed by atoms with Gasteiger partial charge in [0, 0.05) is 43.3 Å². The zero-order valence-electron chi connectivity index (χ0n) is 16.0. The van der Waals surface area contributed by atoms with Crippen molar-refractivity contribution in [3.63, 3.8) is 0 Å². The Bertz CT molecular complexity index is 673. The molecule has 0 fully saturated rings. The fraction of sp³-hybridized carbons (Fsp3) is 0.550. The molecule has 5 heteroatoms. The van der Waals surface area contributed by atoms with E-state index in [0.717, 1.165) is 28.9 Å². The number of nitrogens with zero attached hydrogens (tertiary/aromatic N) is 2. The molecule has 0 radical (unpaired) electrons. The van der Waals surface area contributed by atoms with E-state index in [4.69, 9.17) is 4.74 Å². The van der Waals surface area contributed by atoms with Crippen molar-refractivity contribution >= 4 is 16.6 Å². The molecule has 0 saturated heterocycles. The molecule has 1 unspecified atom stereocenters. The molecule has 1 aromatic heterocycles. The maximum absolute atomic E-state index is 10.5. The van der Waals surface area contributed by atoms with E-state index in [0.29, 0.717) is 25.0 Å². The van der Waals surface area contributed by atoms with E-state index < -0.39 is 6.10 Å². The summed E-state index contributed by atoms with van der Waals surface area (Å²) in [7, 11) is 1.66. The van der Waals surface area contributed by atoms with Crippen molar-refractivity contribution in [2.75, 3.05) is 32.1 Å². The molecule has 0 spiro atoms. The van der Waals surface area contributed by atoms with E-state index in [1.165, 1.54) is 0 Å². The average Bonchev–Trinajstić information content (AvgIpc) is 2.58. The number of rotatable bonds is 9. The maximum atomic E-state index is 10.5. The van der Waals surface area contributed by atoms with Crippen LogP contribution in [-0.2, 0) is 0 Å². The lowest BCUT2D eigenvalue weighted by atomic mass is 10.1. The van der Waals surface area contributed by atoms with Crippen LogP contribution in [0.15, 0.2) is 30.5 Å². The Morgan fingerprint density at radius 3 is 2.60 bits per heavy atom. The SMILES string of the molecule is COc1cc(NCC(O)CN(CC(C)C)C(C)C)c2ncccc2c1. The minimum atomic E-state index is -0.453. The van der Waals surface area contributed by atoms with Gasteiger partial charge in [0.15, 0.2) is 0 Å². The van der Waals surface area contributed by atoms with Gasteiger partial charge in [0.25, 0.3) is 0 Å². The summed E-state index contributed by atoms with van der Waals surface area (Å²) < 4.78 is 5.37. The molecule has 138 valence electrons. The Balaban J connectivity index is 2.06. The van der Waals surface area contributed by atoms with Gasteiger partial charge in [-0.15, -0.1) is 0 Å². The van der Waals surface area contributed by atoms with Crippen LogP contribution in [0.2, 0.25) is 0 Å². The number of fused-ring (bicyclic) bond motifs is 1. The molecule has 0 bridgehead atoms. The lowest BCUT2D eigenvalue weighted by Gasteiger charge is -2.30. The average molecular weight is 345 g/mol. The monoisotopic (exact) mass is 345 g/mol. The highest BCUT2D eigenvalue weighted by molar-refractivity contribution is 5.91. The van der Waals surface area contributed by atoms with Crippen molar-refractivity contribution in [2.24, 2.45) is 5.92 Å². The highest BCUT2D eigenvalue weighted by Crippen LogP contribution is 2.27. The number of anilines is 1. The molecule has 1 atom stereocenters. The quantitative estimate of drug-likeness (QED) is 0.730. The highest BCUT2D eigenvalue weighted by Gasteiger charge is 2.16. The topological polar surface area (TPSA) is 57.6 Å². The second kappa shape index (κ2) is 9.02. The second-order valence-corrected chi connectivity index (χ2v) is 7.23. The van der Waals surface area contributed by atoms with Crippen molar-refractivity contribution < 1.29 is 9.84 Å². The second-order valence-electron chi connectivity index (χ2n) is 7.23. The van der Waals surface area contributed by atoms with Crippen LogP contribution in [0.25, 0.3) is 10.9 Å². The molecule has 5 nitrogen and oxygen atoms in total. The Hall–Kier alpha value is -1.85. The normalized spacial score (nSPS) is 13.0. The van der Waals surface area contributed by atoms with Gasteiger partial charge < -0.3 is 15.2 Å². The molecule has 2 rings (SSSR count). The molecule has 1 heterocycles. The van der Waals surface area contributed by atoms with Gasteiger partial charge in [-0.1, -0.05) is 19.9 Å². The first-order chi connectivity index (χ1) is 11.9. The number of pyridine rings is 1. The van der Waals surface area contributed by atoms with Gasteiger partial charge in [-0.05, 0) is 31.9 Å². The summed E-state index contributed by atoms with van der Waals surface area (Å²) in [5, 5.41) is 14.8. The Kier molecular flexibility index (Phi) is 7.02. The van der Waals surface area contributed by atoms with Gasteiger partial charge in [-0.25, -0.2) is 0 Å². The first kappa shape index (κ1) is 19.5. The Morgan fingerprint density at radius 2 is 1.96 bits per heavy atom. The van der Waals surface area contributed by atoms with E-state index in [2.05, 4.69) is 42.9 Å². The highest BCUT2D eigenvalue weighted by atomic mass is 16.5. The number of hydrogen-bond donors (Lipinski definition) is 2. The van der Waals surface area contributed by atoms with Crippen molar-refractivity contribution in [1.29, 1.82) is 0 Å². The summed E-state index contributed by atoms with van der Waals surface area (Å²) in [4.78, 5) is 6.77. The summed E-state index contributed by atoms with van der Waals surface area (Å²) >= 11 is 0. The van der Waals surface area contributed by atoms with Crippen LogP contribution in [0.5, 0.6) is 5.75 Å². The fourth-order valence-electron chi connectivity index (χ4n) is 2.95. The van der Waals surface area contributed by atoms with Crippen LogP contribution in [0, 0.1) is 5.92 Å². The van der Waals surface area contributed by atoms with Crippen molar-refractivity contribution in [1.82, 2.24) is 9.88 Å². The molecule has 1 aromatic carbocycles. The zero-order chi connectivity index (χ0) is 18.4. The number of hydrogen-bond acceptors (Lipinski definition) is 5. The smallest absolute Gasteiger partial charge is 0.121 e. The molecule has 0 aliphatic heterocycles. The van der Waals surface area contributed by atoms with Crippen LogP contribution < -0.4 is 10.1 Å². The van der Waals surface area contributed by atoms with Crippen molar-refractivity contribution in [2.45, 2.75) is 39.8 Å². The third-order valence-corrected chi connectivity index (χ3v) is 4.22. The molecule has 0 amide bonds. The summed E-state index contributed by atoms with van der Waals surface area (Å²) in [6.07, 6.45) is 1.32. The van der Waals surface area contributed by atoms with Crippen LogP contribution in [-0.4, -0.2) is 53.9 Å². The van der Waals surface area contributed by atoms with Crippen molar-refractivity contribution in [3.05, 3.63) is 30.5 Å². The predicted molar refractivity (Wildman–Crippen MR) is 104 cm³/mol. The predicted octanol–water partition coefficient (Wildman–Crippen LogP) is 3.38. The third-order valence-electron chi connectivity index (χ3n) is 4.22. The summed E-state index contributed by atoms with van der Waals surface area (Å²) in [5.41, 5.74) is 1.77. The van der Waals surface area contributed by atoms with Crippen molar-refractivity contribution in [3.8, 4) is 5.75 Å². The zero-order valence-corrected chi connectivity index (χ0v) is 16.0.